The average molecular weight is 352 g/mol. The lowest BCUT2D eigenvalue weighted by Crippen LogP contribution is -2.34. The van der Waals surface area contributed by atoms with Gasteiger partial charge in [0.1, 0.15) is 5.82 Å². The number of hydrogen-bond donors (Lipinski definition) is 1. The SMILES string of the molecule is CCN(c1ccc(-c2nc(C3(N)CCCC3)no2)cn1)C(C)C.Cl. The van der Waals surface area contributed by atoms with E-state index in [-0.39, 0.29) is 12.4 Å². The van der Waals surface area contributed by atoms with Gasteiger partial charge in [-0.2, -0.15) is 4.98 Å². The van der Waals surface area contributed by atoms with Gasteiger partial charge in [-0.05, 0) is 45.7 Å². The minimum atomic E-state index is -0.425. The molecule has 6 nitrogen and oxygen atoms in total. The van der Waals surface area contributed by atoms with Crippen LogP contribution in [0.5, 0.6) is 0 Å². The first kappa shape index (κ1) is 18.7. The Morgan fingerprint density at radius 1 is 1.29 bits per heavy atom. The third kappa shape index (κ3) is 3.54. The molecule has 0 radical (unpaired) electrons. The van der Waals surface area contributed by atoms with E-state index in [1.807, 2.05) is 12.1 Å². The van der Waals surface area contributed by atoms with Crippen molar-refractivity contribution in [3.63, 3.8) is 0 Å². The van der Waals surface area contributed by atoms with Gasteiger partial charge in [-0.25, -0.2) is 4.98 Å². The third-order valence-corrected chi connectivity index (χ3v) is 4.62. The molecule has 1 saturated carbocycles. The van der Waals surface area contributed by atoms with Gasteiger partial charge in [0.2, 0.25) is 0 Å². The Kier molecular flexibility index (Phi) is 5.83. The fourth-order valence-corrected chi connectivity index (χ4v) is 3.25. The van der Waals surface area contributed by atoms with Crippen LogP contribution in [0.2, 0.25) is 0 Å². The molecule has 0 unspecified atom stereocenters. The molecule has 2 aromatic rings. The van der Waals surface area contributed by atoms with Crippen molar-refractivity contribution < 1.29 is 4.52 Å². The first-order valence-corrected chi connectivity index (χ1v) is 8.39. The summed E-state index contributed by atoms with van der Waals surface area (Å²) >= 11 is 0. The van der Waals surface area contributed by atoms with Crippen LogP contribution < -0.4 is 10.6 Å². The molecule has 1 aliphatic carbocycles. The van der Waals surface area contributed by atoms with E-state index in [1.54, 1.807) is 6.20 Å². The van der Waals surface area contributed by atoms with Crippen molar-refractivity contribution >= 4 is 18.2 Å². The second kappa shape index (κ2) is 7.49. The number of nitrogens with two attached hydrogens (primary N) is 1. The Bertz CT molecular complexity index is 649. The lowest BCUT2D eigenvalue weighted by atomic mass is 9.99. The summed E-state index contributed by atoms with van der Waals surface area (Å²) in [4.78, 5) is 11.3. The minimum Gasteiger partial charge on any atom is -0.354 e. The molecular formula is C17H26ClN5O. The first-order chi connectivity index (χ1) is 11.0. The Morgan fingerprint density at radius 3 is 2.54 bits per heavy atom. The predicted molar refractivity (Wildman–Crippen MR) is 97.3 cm³/mol. The van der Waals surface area contributed by atoms with Crippen LogP contribution in [-0.4, -0.2) is 27.7 Å². The average Bonchev–Trinajstić information content (AvgIpc) is 3.18. The summed E-state index contributed by atoms with van der Waals surface area (Å²) in [5.41, 5.74) is 6.78. The molecule has 1 aliphatic rings. The van der Waals surface area contributed by atoms with E-state index in [2.05, 4.69) is 40.8 Å². The van der Waals surface area contributed by atoms with Gasteiger partial charge in [-0.15, -0.1) is 12.4 Å². The van der Waals surface area contributed by atoms with Crippen LogP contribution in [0.3, 0.4) is 0 Å². The maximum atomic E-state index is 6.38. The highest BCUT2D eigenvalue weighted by atomic mass is 35.5. The number of aromatic nitrogens is 3. The van der Waals surface area contributed by atoms with E-state index in [4.69, 9.17) is 10.3 Å². The largest absolute Gasteiger partial charge is 0.354 e. The molecule has 132 valence electrons. The van der Waals surface area contributed by atoms with Crippen molar-refractivity contribution in [3.8, 4) is 11.5 Å². The molecule has 2 aromatic heterocycles. The standard InChI is InChI=1S/C17H25N5O.ClH/c1-4-22(12(2)3)14-8-7-13(11-19-14)15-20-16(21-23-15)17(18)9-5-6-10-17;/h7-8,11-12H,4-6,9-10,18H2,1-3H3;1H. The topological polar surface area (TPSA) is 81.1 Å². The molecule has 2 heterocycles. The normalized spacial score (nSPS) is 16.2. The fraction of sp³-hybridized carbons (Fsp3) is 0.588. The number of hydrogen-bond acceptors (Lipinski definition) is 6. The molecule has 0 aliphatic heterocycles. The first-order valence-electron chi connectivity index (χ1n) is 8.39. The van der Waals surface area contributed by atoms with Crippen molar-refractivity contribution in [1.82, 2.24) is 15.1 Å². The van der Waals surface area contributed by atoms with Gasteiger partial charge in [0.15, 0.2) is 5.82 Å². The second-order valence-corrected chi connectivity index (χ2v) is 6.57. The Morgan fingerprint density at radius 2 is 2.00 bits per heavy atom. The maximum Gasteiger partial charge on any atom is 0.259 e. The monoisotopic (exact) mass is 351 g/mol. The van der Waals surface area contributed by atoms with Gasteiger partial charge in [-0.1, -0.05) is 18.0 Å². The molecule has 2 N–H and O–H groups in total. The highest BCUT2D eigenvalue weighted by molar-refractivity contribution is 5.85. The number of pyridine rings is 1. The summed E-state index contributed by atoms with van der Waals surface area (Å²) in [7, 11) is 0. The van der Waals surface area contributed by atoms with Gasteiger partial charge in [0.05, 0.1) is 11.1 Å². The van der Waals surface area contributed by atoms with E-state index in [1.165, 1.54) is 0 Å². The molecule has 0 bridgehead atoms. The summed E-state index contributed by atoms with van der Waals surface area (Å²) < 4.78 is 5.41. The van der Waals surface area contributed by atoms with Crippen molar-refractivity contribution in [2.75, 3.05) is 11.4 Å². The molecule has 0 atom stereocenters. The van der Waals surface area contributed by atoms with Crippen molar-refractivity contribution in [2.45, 2.75) is 58.0 Å². The van der Waals surface area contributed by atoms with Gasteiger partial charge < -0.3 is 15.2 Å². The van der Waals surface area contributed by atoms with Crippen LogP contribution >= 0.6 is 12.4 Å². The molecule has 1 fully saturated rings. The van der Waals surface area contributed by atoms with Gasteiger partial charge in [0.25, 0.3) is 5.89 Å². The van der Waals surface area contributed by atoms with Gasteiger partial charge in [-0.3, -0.25) is 0 Å². The van der Waals surface area contributed by atoms with Crippen molar-refractivity contribution in [1.29, 1.82) is 0 Å². The lowest BCUT2D eigenvalue weighted by molar-refractivity contribution is 0.372. The van der Waals surface area contributed by atoms with Crippen molar-refractivity contribution in [2.24, 2.45) is 5.73 Å². The number of rotatable bonds is 5. The summed E-state index contributed by atoms with van der Waals surface area (Å²) in [5.74, 6) is 2.06. The summed E-state index contributed by atoms with van der Waals surface area (Å²) in [6.07, 6.45) is 5.87. The third-order valence-electron chi connectivity index (χ3n) is 4.62. The summed E-state index contributed by atoms with van der Waals surface area (Å²) in [6, 6.07) is 4.38. The molecule has 24 heavy (non-hydrogen) atoms. The zero-order chi connectivity index (χ0) is 16.4. The van der Waals surface area contributed by atoms with Crippen LogP contribution in [0.25, 0.3) is 11.5 Å². The Labute approximate surface area is 149 Å². The van der Waals surface area contributed by atoms with Crippen LogP contribution in [0.1, 0.15) is 52.3 Å². The van der Waals surface area contributed by atoms with E-state index in [9.17, 15) is 0 Å². The molecule has 0 amide bonds. The number of nitrogens with zero attached hydrogens (tertiary/aromatic N) is 4. The van der Waals surface area contributed by atoms with Crippen molar-refractivity contribution in [3.05, 3.63) is 24.2 Å². The maximum absolute atomic E-state index is 6.38. The smallest absolute Gasteiger partial charge is 0.259 e. The number of halogens is 1. The lowest BCUT2D eigenvalue weighted by Gasteiger charge is -2.26. The van der Waals surface area contributed by atoms with E-state index in [0.717, 1.165) is 43.6 Å². The zero-order valence-electron chi connectivity index (χ0n) is 14.5. The van der Waals surface area contributed by atoms with Crippen LogP contribution in [0.4, 0.5) is 5.82 Å². The highest BCUT2D eigenvalue weighted by Crippen LogP contribution is 2.35. The summed E-state index contributed by atoms with van der Waals surface area (Å²) in [5, 5.41) is 4.10. The Balaban J connectivity index is 0.00000208. The predicted octanol–water partition coefficient (Wildman–Crippen LogP) is 3.52. The fourth-order valence-electron chi connectivity index (χ4n) is 3.25. The van der Waals surface area contributed by atoms with E-state index in [0.29, 0.717) is 17.8 Å². The van der Waals surface area contributed by atoms with Crippen LogP contribution in [0, 0.1) is 0 Å². The molecule has 0 aromatic carbocycles. The molecule has 0 spiro atoms. The van der Waals surface area contributed by atoms with Crippen LogP contribution in [0.15, 0.2) is 22.9 Å². The van der Waals surface area contributed by atoms with E-state index < -0.39 is 5.54 Å². The van der Waals surface area contributed by atoms with Crippen LogP contribution in [-0.2, 0) is 5.54 Å². The molecular weight excluding hydrogens is 326 g/mol. The Hall–Kier alpha value is -1.66. The second-order valence-electron chi connectivity index (χ2n) is 6.57. The molecule has 7 heteroatoms. The molecule has 3 rings (SSSR count). The highest BCUT2D eigenvalue weighted by Gasteiger charge is 2.36. The molecule has 0 saturated heterocycles. The quantitative estimate of drug-likeness (QED) is 0.887. The summed E-state index contributed by atoms with van der Waals surface area (Å²) in [6.45, 7) is 7.36. The van der Waals surface area contributed by atoms with Gasteiger partial charge >= 0.3 is 0 Å². The van der Waals surface area contributed by atoms with E-state index >= 15 is 0 Å². The van der Waals surface area contributed by atoms with Gasteiger partial charge in [0, 0.05) is 18.8 Å². The minimum absolute atomic E-state index is 0. The zero-order valence-corrected chi connectivity index (χ0v) is 15.3. The number of anilines is 1.